The van der Waals surface area contributed by atoms with Gasteiger partial charge in [-0.2, -0.15) is 5.10 Å². The fourth-order valence-electron chi connectivity index (χ4n) is 1.96. The van der Waals surface area contributed by atoms with Gasteiger partial charge in [-0.25, -0.2) is 19.1 Å². The van der Waals surface area contributed by atoms with Crippen LogP contribution in [0.2, 0.25) is 0 Å². The molecule has 3 rings (SSSR count). The molecular formula is C13H10FN3O3S. The number of nitrogens with zero attached hydrogens (tertiary/aromatic N) is 1. The highest BCUT2D eigenvalue weighted by molar-refractivity contribution is 7.21. The number of ether oxygens (including phenoxy) is 1. The van der Waals surface area contributed by atoms with Gasteiger partial charge in [0.25, 0.3) is 0 Å². The second kappa shape index (κ2) is 5.13. The van der Waals surface area contributed by atoms with Crippen molar-refractivity contribution in [1.29, 1.82) is 0 Å². The Bertz CT molecular complexity index is 880. The summed E-state index contributed by atoms with van der Waals surface area (Å²) in [6.45, 7) is 1.60. The van der Waals surface area contributed by atoms with Crippen LogP contribution in [-0.2, 0) is 11.3 Å². The highest BCUT2D eigenvalue weighted by Gasteiger charge is 2.17. The summed E-state index contributed by atoms with van der Waals surface area (Å²) in [5, 5.41) is 6.52. The fourth-order valence-corrected chi connectivity index (χ4v) is 3.04. The van der Waals surface area contributed by atoms with Gasteiger partial charge in [-0.1, -0.05) is 0 Å². The molecule has 0 saturated carbocycles. The number of carbonyl (C=O) groups is 1. The molecule has 0 bridgehead atoms. The van der Waals surface area contributed by atoms with Crippen molar-refractivity contribution in [1.82, 2.24) is 15.2 Å². The number of hydrogen-bond donors (Lipinski definition) is 2. The lowest BCUT2D eigenvalue weighted by Crippen LogP contribution is -2.06. The molecule has 0 aliphatic rings. The van der Waals surface area contributed by atoms with E-state index < -0.39 is 11.7 Å². The Hall–Kier alpha value is -2.48. The topological polar surface area (TPSA) is 87.8 Å². The van der Waals surface area contributed by atoms with E-state index in [1.807, 2.05) is 0 Å². The maximum atomic E-state index is 13.2. The molecule has 0 aliphatic heterocycles. The molecule has 0 unspecified atom stereocenters. The van der Waals surface area contributed by atoms with Crippen molar-refractivity contribution in [3.8, 4) is 0 Å². The highest BCUT2D eigenvalue weighted by atomic mass is 32.1. The monoisotopic (exact) mass is 307 g/mol. The lowest BCUT2D eigenvalue weighted by molar-refractivity contribution is 0.0468. The van der Waals surface area contributed by atoms with E-state index in [-0.39, 0.29) is 18.2 Å². The Morgan fingerprint density at radius 2 is 2.29 bits per heavy atom. The van der Waals surface area contributed by atoms with Crippen LogP contribution in [0.4, 0.5) is 4.39 Å². The van der Waals surface area contributed by atoms with Crippen molar-refractivity contribution in [2.45, 2.75) is 13.5 Å². The number of fused-ring (bicyclic) bond motifs is 1. The summed E-state index contributed by atoms with van der Waals surface area (Å²) in [5.74, 6) is -0.645. The minimum atomic E-state index is -0.530. The van der Waals surface area contributed by atoms with Crippen molar-refractivity contribution in [3.05, 3.63) is 50.8 Å². The molecule has 0 spiro atoms. The third-order valence-electron chi connectivity index (χ3n) is 2.97. The van der Waals surface area contributed by atoms with Gasteiger partial charge in [-0.3, -0.25) is 4.98 Å². The number of benzene rings is 1. The van der Waals surface area contributed by atoms with E-state index in [2.05, 4.69) is 15.2 Å². The molecule has 21 heavy (non-hydrogen) atoms. The molecule has 2 N–H and O–H groups in total. The summed E-state index contributed by atoms with van der Waals surface area (Å²) >= 11 is 1.24. The third kappa shape index (κ3) is 2.57. The fraction of sp³-hybridized carbons (Fsp3) is 0.154. The number of thiophene rings is 1. The summed E-state index contributed by atoms with van der Waals surface area (Å²) in [6.07, 6.45) is 0. The van der Waals surface area contributed by atoms with Gasteiger partial charge in [0.05, 0.1) is 0 Å². The zero-order chi connectivity index (χ0) is 15.0. The van der Waals surface area contributed by atoms with Crippen molar-refractivity contribution < 1.29 is 13.9 Å². The van der Waals surface area contributed by atoms with Gasteiger partial charge >= 0.3 is 11.7 Å². The van der Waals surface area contributed by atoms with E-state index >= 15 is 0 Å². The summed E-state index contributed by atoms with van der Waals surface area (Å²) in [5.41, 5.74) is 0.213. The van der Waals surface area contributed by atoms with Gasteiger partial charge in [0, 0.05) is 4.70 Å². The Kier molecular flexibility index (Phi) is 3.30. The summed E-state index contributed by atoms with van der Waals surface area (Å²) in [6, 6.07) is 4.37. The Morgan fingerprint density at radius 3 is 3.00 bits per heavy atom. The van der Waals surface area contributed by atoms with Gasteiger partial charge in [0.2, 0.25) is 0 Å². The summed E-state index contributed by atoms with van der Waals surface area (Å²) < 4.78 is 19.1. The number of esters is 1. The molecule has 0 saturated heterocycles. The SMILES string of the molecule is Cc1c(C(=O)OCc2n[nH]c(=O)[nH]2)sc2ccc(F)cc12. The van der Waals surface area contributed by atoms with Gasteiger partial charge in [0.1, 0.15) is 10.7 Å². The zero-order valence-corrected chi connectivity index (χ0v) is 11.7. The molecule has 2 aromatic heterocycles. The predicted octanol–water partition coefficient (Wildman–Crippen LogP) is 2.12. The number of halogens is 1. The van der Waals surface area contributed by atoms with Crippen LogP contribution >= 0.6 is 11.3 Å². The predicted molar refractivity (Wildman–Crippen MR) is 74.8 cm³/mol. The molecular weight excluding hydrogens is 297 g/mol. The molecule has 108 valence electrons. The van der Waals surface area contributed by atoms with E-state index in [0.29, 0.717) is 15.8 Å². The maximum absolute atomic E-state index is 13.2. The van der Waals surface area contributed by atoms with E-state index in [1.165, 1.54) is 23.5 Å². The van der Waals surface area contributed by atoms with Crippen LogP contribution in [-0.4, -0.2) is 21.2 Å². The Morgan fingerprint density at radius 1 is 1.48 bits per heavy atom. The Labute approximate surface area is 121 Å². The van der Waals surface area contributed by atoms with Gasteiger partial charge < -0.3 is 4.74 Å². The van der Waals surface area contributed by atoms with Crippen molar-refractivity contribution >= 4 is 27.4 Å². The first-order valence-electron chi connectivity index (χ1n) is 6.04. The van der Waals surface area contributed by atoms with Crippen LogP contribution in [0.25, 0.3) is 10.1 Å². The number of rotatable bonds is 3. The molecule has 0 amide bonds. The lowest BCUT2D eigenvalue weighted by Gasteiger charge is -2.01. The van der Waals surface area contributed by atoms with Crippen LogP contribution in [0, 0.1) is 12.7 Å². The molecule has 8 heteroatoms. The average molecular weight is 307 g/mol. The smallest absolute Gasteiger partial charge is 0.349 e. The van der Waals surface area contributed by atoms with Crippen molar-refractivity contribution in [2.24, 2.45) is 0 Å². The average Bonchev–Trinajstić information content (AvgIpc) is 3.01. The number of hydrogen-bond acceptors (Lipinski definition) is 5. The first-order valence-corrected chi connectivity index (χ1v) is 6.85. The van der Waals surface area contributed by atoms with E-state index in [1.54, 1.807) is 13.0 Å². The largest absolute Gasteiger partial charge is 0.453 e. The van der Waals surface area contributed by atoms with Crippen molar-refractivity contribution in [2.75, 3.05) is 0 Å². The van der Waals surface area contributed by atoms with Crippen LogP contribution in [0.3, 0.4) is 0 Å². The van der Waals surface area contributed by atoms with Crippen LogP contribution in [0.15, 0.2) is 23.0 Å². The quantitative estimate of drug-likeness (QED) is 0.725. The summed E-state index contributed by atoms with van der Waals surface area (Å²) in [4.78, 5) is 25.7. The van der Waals surface area contributed by atoms with Gasteiger partial charge in [-0.05, 0) is 36.1 Å². The van der Waals surface area contributed by atoms with E-state index in [4.69, 9.17) is 4.74 Å². The van der Waals surface area contributed by atoms with Crippen LogP contribution < -0.4 is 5.69 Å². The maximum Gasteiger partial charge on any atom is 0.349 e. The van der Waals surface area contributed by atoms with Crippen LogP contribution in [0.5, 0.6) is 0 Å². The lowest BCUT2D eigenvalue weighted by atomic mass is 10.1. The molecule has 0 aliphatic carbocycles. The van der Waals surface area contributed by atoms with E-state index in [0.717, 1.165) is 4.70 Å². The minimum absolute atomic E-state index is 0.139. The molecule has 6 nitrogen and oxygen atoms in total. The molecule has 1 aromatic carbocycles. The second-order valence-electron chi connectivity index (χ2n) is 4.40. The number of aromatic amines is 2. The number of H-pyrrole nitrogens is 2. The molecule has 2 heterocycles. The molecule has 0 radical (unpaired) electrons. The number of nitrogens with one attached hydrogen (secondary N) is 2. The van der Waals surface area contributed by atoms with Gasteiger partial charge in [-0.15, -0.1) is 11.3 Å². The number of aromatic nitrogens is 3. The normalized spacial score (nSPS) is 11.0. The number of aryl methyl sites for hydroxylation is 1. The van der Waals surface area contributed by atoms with Gasteiger partial charge in [0.15, 0.2) is 12.4 Å². The van der Waals surface area contributed by atoms with Crippen molar-refractivity contribution in [3.63, 3.8) is 0 Å². The minimum Gasteiger partial charge on any atom is -0.453 e. The van der Waals surface area contributed by atoms with Crippen LogP contribution in [0.1, 0.15) is 21.1 Å². The molecule has 3 aromatic rings. The third-order valence-corrected chi connectivity index (χ3v) is 4.23. The highest BCUT2D eigenvalue weighted by Crippen LogP contribution is 2.31. The number of carbonyl (C=O) groups excluding carboxylic acids is 1. The first kappa shape index (κ1) is 13.5. The standard InChI is InChI=1S/C13H10FN3O3S/c1-6-8-4-7(14)2-3-9(8)21-11(6)12(18)20-5-10-15-13(19)17-16-10/h2-4H,5H2,1H3,(H2,15,16,17,19). The zero-order valence-electron chi connectivity index (χ0n) is 10.9. The first-order chi connectivity index (χ1) is 10.0. The molecule has 0 fully saturated rings. The molecule has 0 atom stereocenters. The second-order valence-corrected chi connectivity index (χ2v) is 5.45. The van der Waals surface area contributed by atoms with E-state index in [9.17, 15) is 14.0 Å². The Balaban J connectivity index is 1.84. The summed E-state index contributed by atoms with van der Waals surface area (Å²) in [7, 11) is 0.